The number of carbonyl (C=O) groups excluding carboxylic acids is 1. The molecule has 0 unspecified atom stereocenters. The van der Waals surface area contributed by atoms with Crippen LogP contribution in [0, 0.1) is 0 Å². The summed E-state index contributed by atoms with van der Waals surface area (Å²) in [6, 6.07) is 7.52. The number of nitrogens with zero attached hydrogens (tertiary/aromatic N) is 3. The number of aromatic amines is 1. The van der Waals surface area contributed by atoms with Crippen molar-refractivity contribution in [1.29, 1.82) is 0 Å². The summed E-state index contributed by atoms with van der Waals surface area (Å²) in [5.74, 6) is -1.12. The second-order valence-corrected chi connectivity index (χ2v) is 5.95. The molecule has 4 rings (SSSR count). The minimum absolute atomic E-state index is 0.0338. The lowest BCUT2D eigenvalue weighted by Gasteiger charge is -2.09. The van der Waals surface area contributed by atoms with Crippen LogP contribution in [0.2, 0.25) is 0 Å². The molecule has 0 saturated carbocycles. The fraction of sp³-hybridized carbons (Fsp3) is 0.118. The Morgan fingerprint density at radius 1 is 1.11 bits per heavy atom. The summed E-state index contributed by atoms with van der Waals surface area (Å²) in [5, 5.41) is 2.88. The number of benzene rings is 1. The monoisotopic (exact) mass is 367 g/mol. The van der Waals surface area contributed by atoms with Gasteiger partial charge in [-0.1, -0.05) is 0 Å². The molecule has 4 aromatic rings. The number of anilines is 1. The lowest BCUT2D eigenvalue weighted by Crippen LogP contribution is -2.37. The molecule has 10 nitrogen and oxygen atoms in total. The third kappa shape index (κ3) is 2.63. The first-order valence-corrected chi connectivity index (χ1v) is 7.86. The van der Waals surface area contributed by atoms with E-state index >= 15 is 0 Å². The molecular formula is C17H13N5O5. The van der Waals surface area contributed by atoms with Crippen molar-refractivity contribution in [3.8, 4) is 0 Å². The van der Waals surface area contributed by atoms with Crippen LogP contribution in [-0.2, 0) is 14.1 Å². The van der Waals surface area contributed by atoms with Gasteiger partial charge in [0.2, 0.25) is 0 Å². The van der Waals surface area contributed by atoms with Gasteiger partial charge < -0.3 is 9.73 Å². The smallest absolute Gasteiger partial charge is 0.408 e. The highest BCUT2D eigenvalue weighted by Crippen LogP contribution is 2.17. The Labute approximate surface area is 149 Å². The lowest BCUT2D eigenvalue weighted by atomic mass is 10.2. The summed E-state index contributed by atoms with van der Waals surface area (Å²) >= 11 is 0. The Morgan fingerprint density at radius 2 is 1.89 bits per heavy atom. The maximum Gasteiger partial charge on any atom is 0.417 e. The molecule has 0 fully saturated rings. The minimum atomic E-state index is -0.591. The number of hydrogen-bond donors (Lipinski definition) is 2. The quantitative estimate of drug-likeness (QED) is 0.524. The van der Waals surface area contributed by atoms with Crippen LogP contribution in [0.5, 0.6) is 0 Å². The highest BCUT2D eigenvalue weighted by atomic mass is 16.4. The van der Waals surface area contributed by atoms with Crippen molar-refractivity contribution in [3.05, 3.63) is 67.4 Å². The summed E-state index contributed by atoms with van der Waals surface area (Å²) in [7, 11) is 2.85. The molecule has 0 bridgehead atoms. The number of fused-ring (bicyclic) bond motifs is 2. The number of aromatic nitrogens is 4. The zero-order chi connectivity index (χ0) is 19.3. The molecular weight excluding hydrogens is 354 g/mol. The van der Waals surface area contributed by atoms with Crippen LogP contribution in [0.15, 0.2) is 49.1 Å². The number of rotatable bonds is 2. The molecule has 27 heavy (non-hydrogen) atoms. The second kappa shape index (κ2) is 5.80. The zero-order valence-electron chi connectivity index (χ0n) is 14.3. The van der Waals surface area contributed by atoms with E-state index in [0.29, 0.717) is 16.8 Å². The summed E-state index contributed by atoms with van der Waals surface area (Å²) in [6.07, 6.45) is 0. The maximum atomic E-state index is 12.5. The van der Waals surface area contributed by atoms with E-state index < -0.39 is 22.9 Å². The second-order valence-electron chi connectivity index (χ2n) is 5.95. The van der Waals surface area contributed by atoms with Crippen LogP contribution < -0.4 is 22.3 Å². The van der Waals surface area contributed by atoms with Gasteiger partial charge in [-0.3, -0.25) is 23.7 Å². The Balaban J connectivity index is 1.74. The average molecular weight is 367 g/mol. The van der Waals surface area contributed by atoms with E-state index in [1.54, 1.807) is 18.2 Å². The normalized spacial score (nSPS) is 11.2. The molecule has 0 spiro atoms. The predicted octanol–water partition coefficient (Wildman–Crippen LogP) is 0.319. The molecule has 3 heterocycles. The van der Waals surface area contributed by atoms with Gasteiger partial charge in [0.1, 0.15) is 11.3 Å². The standard InChI is InChI=1S/C17H13N5O5/c1-21-13-9(15(24)22(2)17(21)26)4-5-10(19-13)14(23)18-8-3-6-12-11(7-8)20-16(25)27-12/h3-7H,1-2H3,(H,18,23)(H,20,25). The van der Waals surface area contributed by atoms with E-state index in [4.69, 9.17) is 4.42 Å². The van der Waals surface area contributed by atoms with E-state index in [2.05, 4.69) is 15.3 Å². The van der Waals surface area contributed by atoms with E-state index in [-0.39, 0.29) is 16.7 Å². The van der Waals surface area contributed by atoms with Crippen LogP contribution in [0.1, 0.15) is 10.5 Å². The van der Waals surface area contributed by atoms with Crippen molar-refractivity contribution in [2.45, 2.75) is 0 Å². The fourth-order valence-electron chi connectivity index (χ4n) is 2.81. The van der Waals surface area contributed by atoms with E-state index in [1.807, 2.05) is 0 Å². The molecule has 136 valence electrons. The Morgan fingerprint density at radius 3 is 2.67 bits per heavy atom. The lowest BCUT2D eigenvalue weighted by molar-refractivity contribution is 0.102. The summed E-state index contributed by atoms with van der Waals surface area (Å²) < 4.78 is 7.09. The zero-order valence-corrected chi connectivity index (χ0v) is 14.3. The number of hydrogen-bond acceptors (Lipinski definition) is 6. The van der Waals surface area contributed by atoms with Gasteiger partial charge in [-0.05, 0) is 30.3 Å². The van der Waals surface area contributed by atoms with Crippen molar-refractivity contribution in [2.75, 3.05) is 5.32 Å². The molecule has 2 N–H and O–H groups in total. The van der Waals surface area contributed by atoms with Crippen molar-refractivity contribution in [2.24, 2.45) is 14.1 Å². The number of carbonyl (C=O) groups is 1. The van der Waals surface area contributed by atoms with Crippen molar-refractivity contribution < 1.29 is 9.21 Å². The number of pyridine rings is 1. The maximum absolute atomic E-state index is 12.5. The highest BCUT2D eigenvalue weighted by Gasteiger charge is 2.14. The van der Waals surface area contributed by atoms with Crippen LogP contribution in [0.25, 0.3) is 22.1 Å². The number of nitrogens with one attached hydrogen (secondary N) is 2. The average Bonchev–Trinajstić information content (AvgIpc) is 3.03. The summed E-state index contributed by atoms with van der Waals surface area (Å²) in [5.41, 5.74) is 0.359. The minimum Gasteiger partial charge on any atom is -0.408 e. The number of oxazole rings is 1. The van der Waals surface area contributed by atoms with Gasteiger partial charge in [0.15, 0.2) is 5.58 Å². The third-order valence-electron chi connectivity index (χ3n) is 4.21. The molecule has 0 aliphatic carbocycles. The van der Waals surface area contributed by atoms with Gasteiger partial charge in [0.05, 0.1) is 10.9 Å². The van der Waals surface area contributed by atoms with Crippen molar-refractivity contribution >= 4 is 33.7 Å². The number of aryl methyl sites for hydroxylation is 1. The summed E-state index contributed by atoms with van der Waals surface area (Å²) in [6.45, 7) is 0. The summed E-state index contributed by atoms with van der Waals surface area (Å²) in [4.78, 5) is 54.6. The van der Waals surface area contributed by atoms with Crippen molar-refractivity contribution in [1.82, 2.24) is 19.1 Å². The third-order valence-corrected chi connectivity index (χ3v) is 4.21. The van der Waals surface area contributed by atoms with Gasteiger partial charge in [-0.2, -0.15) is 0 Å². The Kier molecular flexibility index (Phi) is 3.55. The Hall–Kier alpha value is -3.95. The van der Waals surface area contributed by atoms with E-state index in [9.17, 15) is 19.2 Å². The van der Waals surface area contributed by atoms with Gasteiger partial charge in [-0.25, -0.2) is 14.6 Å². The molecule has 0 aliphatic heterocycles. The molecule has 0 saturated heterocycles. The first-order valence-electron chi connectivity index (χ1n) is 7.86. The van der Waals surface area contributed by atoms with Crippen LogP contribution in [0.3, 0.4) is 0 Å². The molecule has 1 aromatic carbocycles. The van der Waals surface area contributed by atoms with Crippen LogP contribution in [-0.4, -0.2) is 25.0 Å². The fourth-order valence-corrected chi connectivity index (χ4v) is 2.81. The molecule has 1 amide bonds. The highest BCUT2D eigenvalue weighted by molar-refractivity contribution is 6.04. The van der Waals surface area contributed by atoms with Gasteiger partial charge in [0.25, 0.3) is 11.5 Å². The SMILES string of the molecule is Cn1c(=O)c2ccc(C(=O)Nc3ccc4oc(=O)[nH]c4c3)nc2n(C)c1=O. The first kappa shape index (κ1) is 16.5. The predicted molar refractivity (Wildman–Crippen MR) is 97.0 cm³/mol. The van der Waals surface area contributed by atoms with Gasteiger partial charge in [0, 0.05) is 19.8 Å². The largest absolute Gasteiger partial charge is 0.417 e. The number of H-pyrrole nitrogens is 1. The van der Waals surface area contributed by atoms with Crippen molar-refractivity contribution in [3.63, 3.8) is 0 Å². The van der Waals surface area contributed by atoms with Gasteiger partial charge >= 0.3 is 11.4 Å². The van der Waals surface area contributed by atoms with Crippen LogP contribution in [0.4, 0.5) is 5.69 Å². The Bertz CT molecular complexity index is 1410. The molecule has 0 atom stereocenters. The molecule has 10 heteroatoms. The topological polar surface area (TPSA) is 132 Å². The van der Waals surface area contributed by atoms with E-state index in [0.717, 1.165) is 4.57 Å². The first-order chi connectivity index (χ1) is 12.8. The molecule has 0 radical (unpaired) electrons. The van der Waals surface area contributed by atoms with Crippen LogP contribution >= 0.6 is 0 Å². The molecule has 0 aliphatic rings. The van der Waals surface area contributed by atoms with Gasteiger partial charge in [-0.15, -0.1) is 0 Å². The molecule has 3 aromatic heterocycles. The van der Waals surface area contributed by atoms with E-state index in [1.165, 1.54) is 30.8 Å². The number of amides is 1.